The largest absolute Gasteiger partial charge is 0.492 e. The number of nitrogens with zero attached hydrogens (tertiary/aromatic N) is 1. The highest BCUT2D eigenvalue weighted by Gasteiger charge is 1.96. The third-order valence-corrected chi connectivity index (χ3v) is 2.11. The lowest BCUT2D eigenvalue weighted by Gasteiger charge is -2.11. The summed E-state index contributed by atoms with van der Waals surface area (Å²) in [7, 11) is 3.99. The summed E-state index contributed by atoms with van der Waals surface area (Å²) in [5.74, 6) is 0.336. The number of carbonyl (C=O) groups is 1. The normalized spacial score (nSPS) is 11.0. The molecule has 0 radical (unpaired) electrons. The lowest BCUT2D eigenvalue weighted by Crippen LogP contribution is -2.19. The van der Waals surface area contributed by atoms with Crippen LogP contribution in [0.5, 0.6) is 5.75 Å². The van der Waals surface area contributed by atoms with Crippen LogP contribution in [0.15, 0.2) is 30.3 Å². The van der Waals surface area contributed by atoms with Gasteiger partial charge in [0.2, 0.25) is 5.91 Å². The minimum atomic E-state index is -0.455. The molecule has 0 saturated carbocycles. The smallest absolute Gasteiger partial charge is 0.241 e. The van der Waals surface area contributed by atoms with Crippen molar-refractivity contribution in [3.8, 4) is 5.75 Å². The van der Waals surface area contributed by atoms with Crippen molar-refractivity contribution in [3.63, 3.8) is 0 Å². The first kappa shape index (κ1) is 13.3. The third kappa shape index (κ3) is 5.73. The van der Waals surface area contributed by atoms with Crippen molar-refractivity contribution in [2.24, 2.45) is 5.73 Å². The van der Waals surface area contributed by atoms with Crippen molar-refractivity contribution in [3.05, 3.63) is 35.9 Å². The fourth-order valence-corrected chi connectivity index (χ4v) is 1.23. The summed E-state index contributed by atoms with van der Waals surface area (Å²) >= 11 is 0. The lowest BCUT2D eigenvalue weighted by atomic mass is 10.2. The molecule has 1 aromatic carbocycles. The van der Waals surface area contributed by atoms with Crippen LogP contribution in [0, 0.1) is 0 Å². The molecule has 2 N–H and O–H groups in total. The van der Waals surface area contributed by atoms with Gasteiger partial charge in [-0.05, 0) is 37.9 Å². The molecule has 1 amide bonds. The molecular weight excluding hydrogens is 216 g/mol. The zero-order valence-electron chi connectivity index (χ0n) is 10.2. The van der Waals surface area contributed by atoms with Gasteiger partial charge in [0.15, 0.2) is 0 Å². The van der Waals surface area contributed by atoms with Gasteiger partial charge in [-0.15, -0.1) is 0 Å². The van der Waals surface area contributed by atoms with E-state index in [1.54, 1.807) is 6.08 Å². The highest BCUT2D eigenvalue weighted by atomic mass is 16.5. The summed E-state index contributed by atoms with van der Waals surface area (Å²) in [6, 6.07) is 7.52. The Morgan fingerprint density at radius 1 is 1.47 bits per heavy atom. The van der Waals surface area contributed by atoms with Crippen LogP contribution in [-0.4, -0.2) is 38.1 Å². The van der Waals surface area contributed by atoms with Crippen molar-refractivity contribution in [2.75, 3.05) is 27.2 Å². The second kappa shape index (κ2) is 6.70. The van der Waals surface area contributed by atoms with Gasteiger partial charge >= 0.3 is 0 Å². The summed E-state index contributed by atoms with van der Waals surface area (Å²) in [4.78, 5) is 12.7. The van der Waals surface area contributed by atoms with Gasteiger partial charge < -0.3 is 15.4 Å². The Hall–Kier alpha value is -1.81. The molecule has 1 aromatic rings. The van der Waals surface area contributed by atoms with Crippen molar-refractivity contribution >= 4 is 12.0 Å². The van der Waals surface area contributed by atoms with Gasteiger partial charge in [-0.2, -0.15) is 0 Å². The van der Waals surface area contributed by atoms with Crippen LogP contribution in [0.3, 0.4) is 0 Å². The van der Waals surface area contributed by atoms with Crippen LogP contribution in [0.4, 0.5) is 0 Å². The lowest BCUT2D eigenvalue weighted by molar-refractivity contribution is -0.113. The number of benzene rings is 1. The number of hydrogen-bond donors (Lipinski definition) is 1. The number of nitrogens with two attached hydrogens (primary N) is 1. The van der Waals surface area contributed by atoms with E-state index in [9.17, 15) is 4.79 Å². The second-order valence-electron chi connectivity index (χ2n) is 3.96. The first-order chi connectivity index (χ1) is 8.08. The Balaban J connectivity index is 2.56. The minimum Gasteiger partial charge on any atom is -0.492 e. The van der Waals surface area contributed by atoms with E-state index < -0.39 is 5.91 Å². The van der Waals surface area contributed by atoms with Crippen LogP contribution < -0.4 is 10.5 Å². The summed E-state index contributed by atoms with van der Waals surface area (Å²) in [5, 5.41) is 0. The fourth-order valence-electron chi connectivity index (χ4n) is 1.23. The van der Waals surface area contributed by atoms with Gasteiger partial charge in [0, 0.05) is 12.6 Å². The molecule has 17 heavy (non-hydrogen) atoms. The quantitative estimate of drug-likeness (QED) is 0.751. The van der Waals surface area contributed by atoms with Crippen LogP contribution in [-0.2, 0) is 4.79 Å². The molecule has 92 valence electrons. The summed E-state index contributed by atoms with van der Waals surface area (Å²) in [6.45, 7) is 1.50. The molecule has 0 aliphatic rings. The molecule has 0 bridgehead atoms. The highest BCUT2D eigenvalue weighted by Crippen LogP contribution is 2.14. The molecule has 4 nitrogen and oxygen atoms in total. The summed E-state index contributed by atoms with van der Waals surface area (Å²) in [6.07, 6.45) is 3.00. The molecule has 0 spiro atoms. The second-order valence-corrected chi connectivity index (χ2v) is 3.96. The van der Waals surface area contributed by atoms with Gasteiger partial charge in [0.1, 0.15) is 12.4 Å². The number of rotatable bonds is 6. The topological polar surface area (TPSA) is 55.6 Å². The monoisotopic (exact) mass is 234 g/mol. The average Bonchev–Trinajstić information content (AvgIpc) is 2.26. The molecule has 0 unspecified atom stereocenters. The molecule has 1 rings (SSSR count). The zero-order valence-corrected chi connectivity index (χ0v) is 10.2. The van der Waals surface area contributed by atoms with Gasteiger partial charge in [-0.3, -0.25) is 4.79 Å². The van der Waals surface area contributed by atoms with Gasteiger partial charge in [-0.25, -0.2) is 0 Å². The maximum atomic E-state index is 10.6. The van der Waals surface area contributed by atoms with E-state index in [1.807, 2.05) is 38.4 Å². The number of primary amides is 1. The van der Waals surface area contributed by atoms with E-state index in [0.29, 0.717) is 6.61 Å². The molecular formula is C13H18N2O2. The Labute approximate surface area is 102 Å². The van der Waals surface area contributed by atoms with Crippen LogP contribution in [0.25, 0.3) is 6.08 Å². The van der Waals surface area contributed by atoms with Gasteiger partial charge in [0.05, 0.1) is 0 Å². The highest BCUT2D eigenvalue weighted by molar-refractivity contribution is 5.90. The first-order valence-corrected chi connectivity index (χ1v) is 5.43. The molecule has 0 aliphatic heterocycles. The standard InChI is InChI=1S/C13H18N2O2/c1-15(2)8-9-17-12-5-3-4-11(10-12)6-7-13(14)16/h3-7,10H,8-9H2,1-2H3,(H2,14,16). The van der Waals surface area contributed by atoms with Crippen molar-refractivity contribution in [2.45, 2.75) is 0 Å². The first-order valence-electron chi connectivity index (χ1n) is 5.43. The van der Waals surface area contributed by atoms with E-state index in [0.717, 1.165) is 17.9 Å². The summed E-state index contributed by atoms with van der Waals surface area (Å²) in [5.41, 5.74) is 5.92. The molecule has 0 heterocycles. The third-order valence-electron chi connectivity index (χ3n) is 2.11. The van der Waals surface area contributed by atoms with Gasteiger partial charge in [-0.1, -0.05) is 12.1 Å². The number of ether oxygens (including phenoxy) is 1. The molecule has 0 aliphatic carbocycles. The number of carbonyl (C=O) groups excluding carboxylic acids is 1. The number of amides is 1. The predicted molar refractivity (Wildman–Crippen MR) is 68.7 cm³/mol. The maximum Gasteiger partial charge on any atom is 0.241 e. The van der Waals surface area contributed by atoms with E-state index in [4.69, 9.17) is 10.5 Å². The van der Waals surface area contributed by atoms with E-state index in [2.05, 4.69) is 4.90 Å². The molecule has 0 aromatic heterocycles. The van der Waals surface area contributed by atoms with Crippen LogP contribution in [0.2, 0.25) is 0 Å². The van der Waals surface area contributed by atoms with Gasteiger partial charge in [0.25, 0.3) is 0 Å². The van der Waals surface area contributed by atoms with E-state index in [-0.39, 0.29) is 0 Å². The van der Waals surface area contributed by atoms with E-state index >= 15 is 0 Å². The van der Waals surface area contributed by atoms with Crippen molar-refractivity contribution in [1.82, 2.24) is 4.90 Å². The average molecular weight is 234 g/mol. The SMILES string of the molecule is CN(C)CCOc1cccc(C=CC(N)=O)c1. The zero-order chi connectivity index (χ0) is 12.7. The number of hydrogen-bond acceptors (Lipinski definition) is 3. The van der Waals surface area contributed by atoms with Crippen LogP contribution in [0.1, 0.15) is 5.56 Å². The predicted octanol–water partition coefficient (Wildman–Crippen LogP) is 1.13. The minimum absolute atomic E-state index is 0.455. The fraction of sp³-hybridized carbons (Fsp3) is 0.308. The van der Waals surface area contributed by atoms with Crippen molar-refractivity contribution < 1.29 is 9.53 Å². The van der Waals surface area contributed by atoms with Crippen LogP contribution >= 0.6 is 0 Å². The summed E-state index contributed by atoms with van der Waals surface area (Å²) < 4.78 is 5.57. The molecule has 0 atom stereocenters. The Kier molecular flexibility index (Phi) is 5.23. The number of likely N-dealkylation sites (N-methyl/N-ethyl adjacent to an activating group) is 1. The molecule has 0 saturated heterocycles. The van der Waals surface area contributed by atoms with E-state index in [1.165, 1.54) is 6.08 Å². The molecule has 4 heteroatoms. The van der Waals surface area contributed by atoms with Crippen molar-refractivity contribution in [1.29, 1.82) is 0 Å². The molecule has 0 fully saturated rings. The Morgan fingerprint density at radius 2 is 2.24 bits per heavy atom. The maximum absolute atomic E-state index is 10.6. The Morgan fingerprint density at radius 3 is 2.88 bits per heavy atom. The Bertz CT molecular complexity index is 400.